The molecular formula is C105H85N. The second-order valence-corrected chi connectivity index (χ2v) is 29.3. The van der Waals surface area contributed by atoms with Crippen LogP contribution in [-0.2, 0) is 0 Å². The smallest absolute Gasteiger partial charge is 0.0346 e. The largest absolute Gasteiger partial charge is 0.264 e. The number of hydrogen-bond donors (Lipinski definition) is 0. The zero-order valence-electron chi connectivity index (χ0n) is 62.2. The van der Waals surface area contributed by atoms with Crippen molar-refractivity contribution in [1.29, 1.82) is 0 Å². The second kappa shape index (κ2) is 28.9. The zero-order chi connectivity index (χ0) is 72.7. The van der Waals surface area contributed by atoms with Gasteiger partial charge in [0.15, 0.2) is 0 Å². The van der Waals surface area contributed by atoms with Gasteiger partial charge in [-0.2, -0.15) is 0 Å². The number of rotatable bonds is 15. The van der Waals surface area contributed by atoms with Crippen molar-refractivity contribution in [2.45, 2.75) is 69.2 Å². The molecule has 1 nitrogen and oxygen atoms in total. The molecule has 0 saturated carbocycles. The van der Waals surface area contributed by atoms with E-state index >= 15 is 0 Å². The van der Waals surface area contributed by atoms with E-state index in [-0.39, 0.29) is 0 Å². The first kappa shape index (κ1) is 67.9. The number of benzene rings is 15. The first-order valence-corrected chi connectivity index (χ1v) is 37.1. The fourth-order valence-corrected chi connectivity index (χ4v) is 15.5. The Morgan fingerprint density at radius 1 is 0.142 bits per heavy atom. The third-order valence-electron chi connectivity index (χ3n) is 21.4. The minimum absolute atomic E-state index is 1.04. The molecule has 16 rings (SSSR count). The molecule has 0 N–H and O–H groups in total. The van der Waals surface area contributed by atoms with Gasteiger partial charge in [-0.25, -0.2) is 0 Å². The van der Waals surface area contributed by atoms with Gasteiger partial charge in [-0.05, 0) is 255 Å². The highest BCUT2D eigenvalue weighted by molar-refractivity contribution is 6.12. The highest BCUT2D eigenvalue weighted by Crippen LogP contribution is 2.56. The Balaban J connectivity index is 0.988. The number of pyridine rings is 1. The minimum Gasteiger partial charge on any atom is -0.264 e. The summed E-state index contributed by atoms with van der Waals surface area (Å²) in [4.78, 5) is 4.84. The third kappa shape index (κ3) is 13.5. The van der Waals surface area contributed by atoms with Crippen molar-refractivity contribution < 1.29 is 0 Å². The van der Waals surface area contributed by atoms with E-state index in [1.165, 1.54) is 134 Å². The van der Waals surface area contributed by atoms with E-state index in [0.717, 1.165) is 89.0 Å². The fraction of sp³-hybridized carbons (Fsp3) is 0.0952. The van der Waals surface area contributed by atoms with E-state index in [0.29, 0.717) is 0 Å². The Kier molecular flexibility index (Phi) is 18.5. The molecule has 0 aliphatic rings. The molecule has 510 valence electrons. The molecule has 0 aliphatic carbocycles. The van der Waals surface area contributed by atoms with Crippen LogP contribution in [0.1, 0.15) is 55.6 Å². The van der Waals surface area contributed by atoms with Gasteiger partial charge in [0.2, 0.25) is 0 Å². The van der Waals surface area contributed by atoms with Gasteiger partial charge in [-0.1, -0.05) is 353 Å². The summed E-state index contributed by atoms with van der Waals surface area (Å²) in [5.74, 6) is 0. The average Bonchev–Trinajstić information content (AvgIpc) is 0.741. The van der Waals surface area contributed by atoms with Crippen LogP contribution < -0.4 is 0 Å². The van der Waals surface area contributed by atoms with Crippen LogP contribution in [-0.4, -0.2) is 4.98 Å². The summed E-state index contributed by atoms with van der Waals surface area (Å²) < 4.78 is 0. The first-order chi connectivity index (χ1) is 51.6. The van der Waals surface area contributed by atoms with Crippen molar-refractivity contribution in [2.75, 3.05) is 0 Å². The molecule has 0 radical (unpaired) electrons. The lowest BCUT2D eigenvalue weighted by Gasteiger charge is -2.26. The van der Waals surface area contributed by atoms with Gasteiger partial charge in [-0.3, -0.25) is 4.98 Å². The second-order valence-electron chi connectivity index (χ2n) is 29.3. The Bertz CT molecular complexity index is 5870. The Morgan fingerprint density at radius 3 is 0.453 bits per heavy atom. The maximum Gasteiger partial charge on any atom is 0.0346 e. The van der Waals surface area contributed by atoms with Crippen LogP contribution in [0.15, 0.2) is 334 Å². The molecule has 0 saturated heterocycles. The molecule has 0 aliphatic heterocycles. The standard InChI is InChI=1S/C105H85N/c1-66-13-33-76(34-14-66)91-62-93(99(83-43-23-71(6)24-44-83)103(87-49-29-74(9)30-50-87)97(91)81-39-19-69(4)20-40-81)79-53-57-86(58-54-79)101-95(78-37-17-68(3)18-38-78)64-96(90-12-11-61-106-65-90)102(85-47-27-73(8)28-48-85)105(101)89-59-55-80(56-60-89)94-63-92(77-35-15-67(2)16-36-77)98(82-41-21-70(5)22-42-82)104(88-51-31-75(10)32-52-88)100(94)84-45-25-72(7)26-46-84/h11-65H,1-10H3. The van der Waals surface area contributed by atoms with Crippen LogP contribution in [0.3, 0.4) is 0 Å². The van der Waals surface area contributed by atoms with Crippen molar-refractivity contribution >= 4 is 0 Å². The number of aryl methyl sites for hydroxylation is 10. The molecular weight excluding hydrogens is 1280 g/mol. The van der Waals surface area contributed by atoms with Crippen molar-refractivity contribution in [3.8, 4) is 167 Å². The zero-order valence-corrected chi connectivity index (χ0v) is 62.2. The molecule has 16 aromatic rings. The minimum atomic E-state index is 1.04. The summed E-state index contributed by atoms with van der Waals surface area (Å²) in [5.41, 5.74) is 46.8. The number of aromatic nitrogens is 1. The van der Waals surface area contributed by atoms with Crippen molar-refractivity contribution in [3.05, 3.63) is 390 Å². The van der Waals surface area contributed by atoms with Crippen LogP contribution in [0.25, 0.3) is 167 Å². The van der Waals surface area contributed by atoms with E-state index in [1.807, 2.05) is 12.4 Å². The third-order valence-corrected chi connectivity index (χ3v) is 21.4. The molecule has 0 spiro atoms. The van der Waals surface area contributed by atoms with Crippen LogP contribution in [0, 0.1) is 69.2 Å². The number of hydrogen-bond acceptors (Lipinski definition) is 1. The maximum absolute atomic E-state index is 4.84. The van der Waals surface area contributed by atoms with E-state index < -0.39 is 0 Å². The van der Waals surface area contributed by atoms with Gasteiger partial charge in [0.05, 0.1) is 0 Å². The van der Waals surface area contributed by atoms with E-state index in [4.69, 9.17) is 4.98 Å². The lowest BCUT2D eigenvalue weighted by atomic mass is 9.77. The summed E-state index contributed by atoms with van der Waals surface area (Å²) in [6, 6.07) is 122. The highest BCUT2D eigenvalue weighted by atomic mass is 14.6. The quantitative estimate of drug-likeness (QED) is 0.0997. The molecule has 15 aromatic carbocycles. The van der Waals surface area contributed by atoms with Crippen LogP contribution >= 0.6 is 0 Å². The molecule has 0 fully saturated rings. The molecule has 0 amide bonds. The van der Waals surface area contributed by atoms with Crippen LogP contribution in [0.2, 0.25) is 0 Å². The predicted octanol–water partition coefficient (Wildman–Crippen LogP) is 29.2. The Hall–Kier alpha value is -12.6. The van der Waals surface area contributed by atoms with Crippen LogP contribution in [0.5, 0.6) is 0 Å². The molecule has 1 heteroatoms. The molecule has 1 heterocycles. The monoisotopic (exact) mass is 1360 g/mol. The van der Waals surface area contributed by atoms with E-state index in [1.54, 1.807) is 0 Å². The van der Waals surface area contributed by atoms with Gasteiger partial charge in [0.1, 0.15) is 0 Å². The Labute approximate surface area is 626 Å². The van der Waals surface area contributed by atoms with Crippen molar-refractivity contribution in [3.63, 3.8) is 0 Å². The molecule has 0 bridgehead atoms. The van der Waals surface area contributed by atoms with E-state index in [9.17, 15) is 0 Å². The van der Waals surface area contributed by atoms with Crippen molar-refractivity contribution in [2.24, 2.45) is 0 Å². The molecule has 1 aromatic heterocycles. The topological polar surface area (TPSA) is 12.9 Å². The maximum atomic E-state index is 4.84. The predicted molar refractivity (Wildman–Crippen MR) is 453 cm³/mol. The van der Waals surface area contributed by atoms with Gasteiger partial charge in [-0.15, -0.1) is 0 Å². The lowest BCUT2D eigenvalue weighted by Crippen LogP contribution is -2.00. The molecule has 106 heavy (non-hydrogen) atoms. The summed E-state index contributed by atoms with van der Waals surface area (Å²) in [7, 11) is 0. The molecule has 0 atom stereocenters. The van der Waals surface area contributed by atoms with Crippen molar-refractivity contribution in [1.82, 2.24) is 4.98 Å². The van der Waals surface area contributed by atoms with Crippen LogP contribution in [0.4, 0.5) is 0 Å². The average molecular weight is 1360 g/mol. The van der Waals surface area contributed by atoms with Gasteiger partial charge < -0.3 is 0 Å². The van der Waals surface area contributed by atoms with Gasteiger partial charge in [0, 0.05) is 18.0 Å². The SMILES string of the molecule is Cc1ccc(-c2cc(-c3ccc(-c4c(-c5ccc(C)cc5)cc(-c5cccnc5)c(-c5ccc(C)cc5)c4-c4ccc(-c5cc(-c6ccc(C)cc6)c(-c6ccc(C)cc6)c(-c6ccc(C)cc6)c5-c5ccc(C)cc5)cc4)cc3)c(-c3ccc(C)cc3)c(-c3ccc(C)cc3)c2-c2ccc(C)cc2)cc1. The summed E-state index contributed by atoms with van der Waals surface area (Å²) >= 11 is 0. The summed E-state index contributed by atoms with van der Waals surface area (Å²) in [5, 5.41) is 0. The summed E-state index contributed by atoms with van der Waals surface area (Å²) in [6.07, 6.45) is 3.91. The normalized spacial score (nSPS) is 11.3. The fourth-order valence-electron chi connectivity index (χ4n) is 15.5. The Morgan fingerprint density at radius 2 is 0.283 bits per heavy atom. The highest BCUT2D eigenvalue weighted by Gasteiger charge is 2.29. The lowest BCUT2D eigenvalue weighted by molar-refractivity contribution is 1.33. The molecule has 0 unspecified atom stereocenters. The van der Waals surface area contributed by atoms with Gasteiger partial charge in [0.25, 0.3) is 0 Å². The van der Waals surface area contributed by atoms with Gasteiger partial charge >= 0.3 is 0 Å². The first-order valence-electron chi connectivity index (χ1n) is 37.1. The number of nitrogens with zero attached hydrogens (tertiary/aromatic N) is 1. The summed E-state index contributed by atoms with van der Waals surface area (Å²) in [6.45, 7) is 21.8. The van der Waals surface area contributed by atoms with E-state index in [2.05, 4.69) is 391 Å².